The van der Waals surface area contributed by atoms with Crippen LogP contribution in [0.5, 0.6) is 0 Å². The van der Waals surface area contributed by atoms with Gasteiger partial charge < -0.3 is 5.73 Å². The molecule has 3 nitrogen and oxygen atoms in total. The highest BCUT2D eigenvalue weighted by atomic mass is 32.2. The Morgan fingerprint density at radius 1 is 0.938 bits per heavy atom. The molecule has 0 radical (unpaired) electrons. The lowest BCUT2D eigenvalue weighted by atomic mass is 9.84. The van der Waals surface area contributed by atoms with Crippen molar-refractivity contribution in [2.24, 2.45) is 17.6 Å². The van der Waals surface area contributed by atoms with Gasteiger partial charge in [-0.15, -0.1) is 0 Å². The molecule has 1 aliphatic heterocycles. The molecule has 16 heavy (non-hydrogen) atoms. The molecular weight excluding hydrogens is 222 g/mol. The van der Waals surface area contributed by atoms with Gasteiger partial charge in [-0.05, 0) is 31.1 Å². The predicted octanol–water partition coefficient (Wildman–Crippen LogP) is 1.72. The number of rotatable bonds is 2. The van der Waals surface area contributed by atoms with Crippen LogP contribution < -0.4 is 5.73 Å². The van der Waals surface area contributed by atoms with E-state index in [-0.39, 0.29) is 12.0 Å². The summed E-state index contributed by atoms with van der Waals surface area (Å²) in [6, 6.07) is 0.121. The second kappa shape index (κ2) is 5.05. The van der Waals surface area contributed by atoms with E-state index in [1.807, 2.05) is 0 Å². The Labute approximate surface area is 98.7 Å². The predicted molar refractivity (Wildman–Crippen MR) is 65.9 cm³/mol. The van der Waals surface area contributed by atoms with E-state index in [9.17, 15) is 8.42 Å². The third kappa shape index (κ3) is 2.98. The van der Waals surface area contributed by atoms with Crippen LogP contribution in [0.15, 0.2) is 0 Å². The van der Waals surface area contributed by atoms with Gasteiger partial charge in [0.05, 0.1) is 11.5 Å². The summed E-state index contributed by atoms with van der Waals surface area (Å²) in [5, 5.41) is 0. The maximum Gasteiger partial charge on any atom is 0.150 e. The Morgan fingerprint density at radius 3 is 2.06 bits per heavy atom. The maximum absolute atomic E-state index is 11.4. The minimum absolute atomic E-state index is 0.121. The Bertz CT molecular complexity index is 318. The topological polar surface area (TPSA) is 60.2 Å². The van der Waals surface area contributed by atoms with Gasteiger partial charge in [-0.2, -0.15) is 0 Å². The molecule has 4 heteroatoms. The second-order valence-corrected chi connectivity index (χ2v) is 7.72. The van der Waals surface area contributed by atoms with Gasteiger partial charge in [0.15, 0.2) is 9.84 Å². The molecule has 2 atom stereocenters. The van der Waals surface area contributed by atoms with E-state index in [1.54, 1.807) is 0 Å². The lowest BCUT2D eigenvalue weighted by molar-refractivity contribution is 0.300. The van der Waals surface area contributed by atoms with Crippen LogP contribution in [-0.2, 0) is 9.84 Å². The molecule has 0 bridgehead atoms. The average Bonchev–Trinajstić information content (AvgIpc) is 2.48. The molecule has 2 rings (SSSR count). The van der Waals surface area contributed by atoms with Crippen molar-refractivity contribution >= 4 is 9.84 Å². The summed E-state index contributed by atoms with van der Waals surface area (Å²) in [7, 11) is -2.77. The Morgan fingerprint density at radius 2 is 1.56 bits per heavy atom. The Kier molecular flexibility index (Phi) is 3.90. The maximum atomic E-state index is 11.4. The van der Waals surface area contributed by atoms with Gasteiger partial charge in [0.1, 0.15) is 0 Å². The molecule has 1 saturated heterocycles. The molecule has 0 spiro atoms. The van der Waals surface area contributed by atoms with Crippen LogP contribution >= 0.6 is 0 Å². The zero-order chi connectivity index (χ0) is 11.6. The van der Waals surface area contributed by atoms with Gasteiger partial charge in [-0.3, -0.25) is 0 Å². The average molecular weight is 245 g/mol. The van der Waals surface area contributed by atoms with Crippen LogP contribution in [0, 0.1) is 11.8 Å². The first-order valence-corrected chi connectivity index (χ1v) is 8.37. The monoisotopic (exact) mass is 245 g/mol. The molecule has 2 unspecified atom stereocenters. The van der Waals surface area contributed by atoms with Gasteiger partial charge in [0.2, 0.25) is 0 Å². The van der Waals surface area contributed by atoms with Crippen molar-refractivity contribution in [3.05, 3.63) is 0 Å². The summed E-state index contributed by atoms with van der Waals surface area (Å²) in [5.74, 6) is 1.50. The molecule has 94 valence electrons. The van der Waals surface area contributed by atoms with Crippen molar-refractivity contribution in [3.63, 3.8) is 0 Å². The van der Waals surface area contributed by atoms with Crippen LogP contribution in [0.1, 0.15) is 44.9 Å². The highest BCUT2D eigenvalue weighted by Gasteiger charge is 2.35. The van der Waals surface area contributed by atoms with Crippen LogP contribution in [0.3, 0.4) is 0 Å². The van der Waals surface area contributed by atoms with Crippen LogP contribution in [0.25, 0.3) is 0 Å². The second-order valence-electron chi connectivity index (χ2n) is 5.49. The van der Waals surface area contributed by atoms with E-state index < -0.39 is 9.84 Å². The summed E-state index contributed by atoms with van der Waals surface area (Å²) < 4.78 is 22.9. The molecule has 0 amide bonds. The third-order valence-electron chi connectivity index (χ3n) is 4.26. The van der Waals surface area contributed by atoms with Crippen molar-refractivity contribution in [2.45, 2.75) is 51.0 Å². The molecular formula is C12H23NO2S. The van der Waals surface area contributed by atoms with Crippen molar-refractivity contribution in [2.75, 3.05) is 11.5 Å². The lowest BCUT2D eigenvalue weighted by Gasteiger charge is -2.26. The lowest BCUT2D eigenvalue weighted by Crippen LogP contribution is -2.38. The summed E-state index contributed by atoms with van der Waals surface area (Å²) in [6.07, 6.45) is 8.41. The molecule has 2 N–H and O–H groups in total. The van der Waals surface area contributed by atoms with Crippen molar-refractivity contribution in [3.8, 4) is 0 Å². The van der Waals surface area contributed by atoms with E-state index in [0.29, 0.717) is 17.4 Å². The Hall–Kier alpha value is -0.0900. The minimum Gasteiger partial charge on any atom is -0.327 e. The third-order valence-corrected chi connectivity index (χ3v) is 6.05. The Balaban J connectivity index is 1.93. The van der Waals surface area contributed by atoms with Crippen molar-refractivity contribution < 1.29 is 8.42 Å². The first-order chi connectivity index (χ1) is 7.58. The van der Waals surface area contributed by atoms with Crippen molar-refractivity contribution in [1.29, 1.82) is 0 Å². The summed E-state index contributed by atoms with van der Waals surface area (Å²) in [4.78, 5) is 0. The highest BCUT2D eigenvalue weighted by Crippen LogP contribution is 2.31. The first-order valence-electron chi connectivity index (χ1n) is 6.54. The van der Waals surface area contributed by atoms with E-state index in [2.05, 4.69) is 0 Å². The van der Waals surface area contributed by atoms with Gasteiger partial charge in [0.25, 0.3) is 0 Å². The molecule has 0 aromatic carbocycles. The van der Waals surface area contributed by atoms with Gasteiger partial charge in [-0.25, -0.2) is 8.42 Å². The zero-order valence-electron chi connectivity index (χ0n) is 9.90. The van der Waals surface area contributed by atoms with Crippen LogP contribution in [-0.4, -0.2) is 26.0 Å². The SMILES string of the molecule is NC(C1CCCCCC1)C1CCS(=O)(=O)C1. The molecule has 1 aliphatic carbocycles. The zero-order valence-corrected chi connectivity index (χ0v) is 10.7. The van der Waals surface area contributed by atoms with E-state index in [4.69, 9.17) is 5.73 Å². The van der Waals surface area contributed by atoms with Gasteiger partial charge >= 0.3 is 0 Å². The van der Waals surface area contributed by atoms with Gasteiger partial charge in [0, 0.05) is 6.04 Å². The first kappa shape index (κ1) is 12.4. The molecule has 1 saturated carbocycles. The van der Waals surface area contributed by atoms with Crippen LogP contribution in [0.2, 0.25) is 0 Å². The highest BCUT2D eigenvalue weighted by molar-refractivity contribution is 7.91. The van der Waals surface area contributed by atoms with E-state index >= 15 is 0 Å². The fourth-order valence-electron chi connectivity index (χ4n) is 3.21. The van der Waals surface area contributed by atoms with E-state index in [1.165, 1.54) is 38.5 Å². The normalized spacial score (nSPS) is 33.4. The number of hydrogen-bond donors (Lipinski definition) is 1. The molecule has 0 aromatic rings. The van der Waals surface area contributed by atoms with E-state index in [0.717, 1.165) is 6.42 Å². The molecule has 1 heterocycles. The van der Waals surface area contributed by atoms with Gasteiger partial charge in [-0.1, -0.05) is 25.7 Å². The molecule has 2 aliphatic rings. The molecule has 0 aromatic heterocycles. The minimum atomic E-state index is -2.77. The largest absolute Gasteiger partial charge is 0.327 e. The number of nitrogens with two attached hydrogens (primary N) is 1. The summed E-state index contributed by atoms with van der Waals surface area (Å²) in [5.41, 5.74) is 6.28. The fourth-order valence-corrected chi connectivity index (χ4v) is 5.08. The standard InChI is InChI=1S/C12H23NO2S/c13-12(10-5-3-1-2-4-6-10)11-7-8-16(14,15)9-11/h10-12H,1-9,13H2. The summed E-state index contributed by atoms with van der Waals surface area (Å²) >= 11 is 0. The van der Waals surface area contributed by atoms with Crippen molar-refractivity contribution in [1.82, 2.24) is 0 Å². The smallest absolute Gasteiger partial charge is 0.150 e. The quantitative estimate of drug-likeness (QED) is 0.754. The summed E-state index contributed by atoms with van der Waals surface area (Å²) in [6.45, 7) is 0. The van der Waals surface area contributed by atoms with Crippen LogP contribution in [0.4, 0.5) is 0 Å². The fraction of sp³-hybridized carbons (Fsp3) is 1.00. The number of hydrogen-bond acceptors (Lipinski definition) is 3. The molecule has 2 fully saturated rings. The number of sulfone groups is 1.